The normalized spacial score (nSPS) is 20.3. The van der Waals surface area contributed by atoms with Crippen molar-refractivity contribution in [2.24, 2.45) is 5.92 Å². The number of nitrogens with zero attached hydrogens (tertiary/aromatic N) is 3. The van der Waals surface area contributed by atoms with Crippen molar-refractivity contribution in [1.29, 1.82) is 0 Å². The van der Waals surface area contributed by atoms with Crippen molar-refractivity contribution >= 4 is 11.8 Å². The zero-order valence-corrected chi connectivity index (χ0v) is 14.1. The molecule has 0 bridgehead atoms. The summed E-state index contributed by atoms with van der Waals surface area (Å²) in [6.45, 7) is 1.21. The van der Waals surface area contributed by atoms with Crippen LogP contribution in [0, 0.1) is 5.92 Å². The van der Waals surface area contributed by atoms with Crippen LogP contribution in [0.15, 0.2) is 42.7 Å². The second-order valence-electron chi connectivity index (χ2n) is 6.87. The first kappa shape index (κ1) is 15.9. The van der Waals surface area contributed by atoms with Crippen molar-refractivity contribution in [3.8, 4) is 5.69 Å². The fourth-order valence-electron chi connectivity index (χ4n) is 3.31. The average molecular weight is 338 g/mol. The lowest BCUT2D eigenvalue weighted by Crippen LogP contribution is -2.45. The first-order valence-electron chi connectivity index (χ1n) is 8.90. The molecule has 2 aliphatic rings. The molecule has 1 N–H and O–H groups in total. The van der Waals surface area contributed by atoms with E-state index in [2.05, 4.69) is 10.4 Å². The van der Waals surface area contributed by atoms with E-state index in [1.54, 1.807) is 10.9 Å². The van der Waals surface area contributed by atoms with Crippen molar-refractivity contribution in [1.82, 2.24) is 20.0 Å². The third-order valence-corrected chi connectivity index (χ3v) is 4.87. The van der Waals surface area contributed by atoms with Crippen LogP contribution in [0.5, 0.6) is 0 Å². The van der Waals surface area contributed by atoms with Gasteiger partial charge in [-0.15, -0.1) is 0 Å². The summed E-state index contributed by atoms with van der Waals surface area (Å²) in [7, 11) is 0. The monoisotopic (exact) mass is 338 g/mol. The highest BCUT2D eigenvalue weighted by Crippen LogP contribution is 2.23. The molecule has 2 aromatic rings. The molecule has 25 heavy (non-hydrogen) atoms. The van der Waals surface area contributed by atoms with Crippen molar-refractivity contribution < 1.29 is 9.59 Å². The molecule has 0 radical (unpaired) electrons. The fraction of sp³-hybridized carbons (Fsp3) is 0.421. The van der Waals surface area contributed by atoms with Gasteiger partial charge in [-0.05, 0) is 49.9 Å². The Balaban J connectivity index is 1.46. The lowest BCUT2D eigenvalue weighted by molar-refractivity contribution is -0.126. The van der Waals surface area contributed by atoms with Crippen molar-refractivity contribution in [3.63, 3.8) is 0 Å². The summed E-state index contributed by atoms with van der Waals surface area (Å²) in [5.41, 5.74) is 1.49. The lowest BCUT2D eigenvalue weighted by atomic mass is 9.96. The number of hydrogen-bond donors (Lipinski definition) is 1. The third kappa shape index (κ3) is 3.57. The molecule has 1 atom stereocenters. The zero-order valence-electron chi connectivity index (χ0n) is 14.1. The number of carbonyl (C=O) groups is 2. The van der Waals surface area contributed by atoms with Crippen molar-refractivity contribution in [3.05, 3.63) is 48.3 Å². The van der Waals surface area contributed by atoms with Gasteiger partial charge in [0.25, 0.3) is 5.91 Å². The minimum absolute atomic E-state index is 0.0158. The van der Waals surface area contributed by atoms with Crippen LogP contribution in [0.4, 0.5) is 0 Å². The predicted octanol–water partition coefficient (Wildman–Crippen LogP) is 2.00. The number of aromatic nitrogens is 2. The van der Waals surface area contributed by atoms with E-state index in [9.17, 15) is 9.59 Å². The Hall–Kier alpha value is -2.63. The molecular formula is C19H22N4O2. The van der Waals surface area contributed by atoms with Crippen LogP contribution in [0.3, 0.4) is 0 Å². The highest BCUT2D eigenvalue weighted by atomic mass is 16.2. The summed E-state index contributed by atoms with van der Waals surface area (Å²) in [4.78, 5) is 27.0. The number of carbonyl (C=O) groups excluding carboxylic acids is 2. The first-order valence-corrected chi connectivity index (χ1v) is 8.90. The van der Waals surface area contributed by atoms with Crippen molar-refractivity contribution in [2.75, 3.05) is 13.1 Å². The van der Waals surface area contributed by atoms with Gasteiger partial charge in [0.15, 0.2) is 0 Å². The Kier molecular flexibility index (Phi) is 4.26. The quantitative estimate of drug-likeness (QED) is 0.927. The van der Waals surface area contributed by atoms with Crippen molar-refractivity contribution in [2.45, 2.75) is 31.7 Å². The van der Waals surface area contributed by atoms with Gasteiger partial charge in [0, 0.05) is 37.1 Å². The van der Waals surface area contributed by atoms with E-state index in [1.165, 1.54) is 0 Å². The highest BCUT2D eigenvalue weighted by Gasteiger charge is 2.32. The summed E-state index contributed by atoms with van der Waals surface area (Å²) in [5, 5.41) is 7.27. The molecule has 130 valence electrons. The van der Waals surface area contributed by atoms with Gasteiger partial charge < -0.3 is 10.2 Å². The van der Waals surface area contributed by atoms with E-state index < -0.39 is 0 Å². The SMILES string of the molecule is O=C(NC1CC1)C1CCCN(C(=O)c2cccc(-n3cccn3)c2)C1. The molecule has 0 spiro atoms. The maximum atomic E-state index is 12.9. The van der Waals surface area contributed by atoms with Gasteiger partial charge in [-0.2, -0.15) is 5.10 Å². The smallest absolute Gasteiger partial charge is 0.253 e. The molecule has 2 fully saturated rings. The van der Waals surface area contributed by atoms with Crippen LogP contribution in [-0.2, 0) is 4.79 Å². The minimum atomic E-state index is -0.0902. The molecule has 2 amide bonds. The van der Waals surface area contributed by atoms with E-state index in [0.717, 1.165) is 31.4 Å². The molecule has 6 nitrogen and oxygen atoms in total. The number of benzene rings is 1. The summed E-state index contributed by atoms with van der Waals surface area (Å²) in [6, 6.07) is 9.68. The van der Waals surface area contributed by atoms with E-state index in [-0.39, 0.29) is 17.7 Å². The summed E-state index contributed by atoms with van der Waals surface area (Å²) >= 11 is 0. The summed E-state index contributed by atoms with van der Waals surface area (Å²) < 4.78 is 1.73. The van der Waals surface area contributed by atoms with E-state index in [4.69, 9.17) is 0 Å². The molecule has 1 aliphatic heterocycles. The van der Waals surface area contributed by atoms with Gasteiger partial charge in [-0.1, -0.05) is 6.07 Å². The third-order valence-electron chi connectivity index (χ3n) is 4.87. The average Bonchev–Trinajstić information content (AvgIpc) is 3.30. The number of hydrogen-bond acceptors (Lipinski definition) is 3. The minimum Gasteiger partial charge on any atom is -0.353 e. The maximum Gasteiger partial charge on any atom is 0.253 e. The first-order chi connectivity index (χ1) is 12.2. The van der Waals surface area contributed by atoms with Gasteiger partial charge in [0.1, 0.15) is 0 Å². The van der Waals surface area contributed by atoms with E-state index in [0.29, 0.717) is 24.7 Å². The second kappa shape index (κ2) is 6.70. The molecule has 1 unspecified atom stereocenters. The van der Waals surface area contributed by atoms with Gasteiger partial charge in [0.05, 0.1) is 11.6 Å². The van der Waals surface area contributed by atoms with Gasteiger partial charge >= 0.3 is 0 Å². The van der Waals surface area contributed by atoms with Crippen LogP contribution in [0.25, 0.3) is 5.69 Å². The standard InChI is InChI=1S/C19H22N4O2/c24-18(21-16-7-8-16)15-5-2-10-22(13-15)19(25)14-4-1-6-17(12-14)23-11-3-9-20-23/h1,3-4,6,9,11-12,15-16H,2,5,7-8,10,13H2,(H,21,24). The number of nitrogens with one attached hydrogen (secondary N) is 1. The molecule has 1 aliphatic carbocycles. The number of amides is 2. The second-order valence-corrected chi connectivity index (χ2v) is 6.87. The predicted molar refractivity (Wildman–Crippen MR) is 93.4 cm³/mol. The van der Waals surface area contributed by atoms with Crippen LogP contribution in [-0.4, -0.2) is 45.6 Å². The molecule has 2 heterocycles. The molecular weight excluding hydrogens is 316 g/mol. The van der Waals surface area contributed by atoms with Crippen LogP contribution in [0.1, 0.15) is 36.0 Å². The summed E-state index contributed by atoms with van der Waals surface area (Å²) in [5.74, 6) is -0.00387. The molecule has 6 heteroatoms. The Bertz CT molecular complexity index is 767. The Morgan fingerprint density at radius 2 is 2.04 bits per heavy atom. The number of likely N-dealkylation sites (tertiary alicyclic amines) is 1. The van der Waals surface area contributed by atoms with E-state index >= 15 is 0 Å². The molecule has 1 saturated carbocycles. The van der Waals surface area contributed by atoms with Gasteiger partial charge in [-0.3, -0.25) is 9.59 Å². The van der Waals surface area contributed by atoms with Gasteiger partial charge in [0.2, 0.25) is 5.91 Å². The Morgan fingerprint density at radius 3 is 2.80 bits per heavy atom. The molecule has 1 aromatic heterocycles. The lowest BCUT2D eigenvalue weighted by Gasteiger charge is -2.32. The Labute approximate surface area is 146 Å². The topological polar surface area (TPSA) is 67.2 Å². The highest BCUT2D eigenvalue weighted by molar-refractivity contribution is 5.95. The molecule has 1 aromatic carbocycles. The van der Waals surface area contributed by atoms with Crippen LogP contribution in [0.2, 0.25) is 0 Å². The maximum absolute atomic E-state index is 12.9. The molecule has 4 rings (SSSR count). The fourth-order valence-corrected chi connectivity index (χ4v) is 3.31. The zero-order chi connectivity index (χ0) is 17.2. The van der Waals surface area contributed by atoms with Gasteiger partial charge in [-0.25, -0.2) is 4.68 Å². The van der Waals surface area contributed by atoms with Crippen LogP contribution < -0.4 is 5.32 Å². The number of piperidine rings is 1. The molecule has 1 saturated heterocycles. The van der Waals surface area contributed by atoms with E-state index in [1.807, 2.05) is 41.4 Å². The Morgan fingerprint density at radius 1 is 1.16 bits per heavy atom. The van der Waals surface area contributed by atoms with Crippen LogP contribution >= 0.6 is 0 Å². The number of rotatable bonds is 4. The summed E-state index contributed by atoms with van der Waals surface area (Å²) in [6.07, 6.45) is 7.45. The largest absolute Gasteiger partial charge is 0.353 e.